The summed E-state index contributed by atoms with van der Waals surface area (Å²) in [6.45, 7) is 0.528. The number of hydrogen-bond donors (Lipinski definition) is 1. The van der Waals surface area contributed by atoms with Gasteiger partial charge in [-0.25, -0.2) is 8.42 Å². The van der Waals surface area contributed by atoms with Crippen LogP contribution in [-0.2, 0) is 26.9 Å². The van der Waals surface area contributed by atoms with Crippen molar-refractivity contribution in [3.05, 3.63) is 35.4 Å². The SMILES string of the molecule is CS(=O)(=O)Cc1ccc(CNC(=O)C23CC4CC(CC(C4)C2)C3)cc1. The van der Waals surface area contributed by atoms with Gasteiger partial charge in [0.05, 0.1) is 5.75 Å². The van der Waals surface area contributed by atoms with Crippen LogP contribution in [0.25, 0.3) is 0 Å². The van der Waals surface area contributed by atoms with Crippen molar-refractivity contribution in [2.24, 2.45) is 23.2 Å². The van der Waals surface area contributed by atoms with Crippen LogP contribution in [0.1, 0.15) is 49.7 Å². The van der Waals surface area contributed by atoms with Crippen LogP contribution in [0.4, 0.5) is 0 Å². The fraction of sp³-hybridized carbons (Fsp3) is 0.650. The summed E-state index contributed by atoms with van der Waals surface area (Å²) in [5.74, 6) is 2.62. The molecule has 25 heavy (non-hydrogen) atoms. The number of amides is 1. The molecule has 1 N–H and O–H groups in total. The van der Waals surface area contributed by atoms with Crippen molar-refractivity contribution in [3.63, 3.8) is 0 Å². The third-order valence-electron chi connectivity index (χ3n) is 6.42. The molecule has 4 fully saturated rings. The monoisotopic (exact) mass is 361 g/mol. The lowest BCUT2D eigenvalue weighted by Gasteiger charge is -2.55. The second kappa shape index (κ2) is 6.11. The van der Waals surface area contributed by atoms with Gasteiger partial charge in [-0.05, 0) is 67.4 Å². The number of hydrogen-bond acceptors (Lipinski definition) is 3. The Morgan fingerprint density at radius 2 is 1.48 bits per heavy atom. The summed E-state index contributed by atoms with van der Waals surface area (Å²) in [4.78, 5) is 12.9. The molecule has 1 amide bonds. The van der Waals surface area contributed by atoms with Gasteiger partial charge in [0, 0.05) is 18.2 Å². The van der Waals surface area contributed by atoms with E-state index in [9.17, 15) is 13.2 Å². The maximum absolute atomic E-state index is 12.9. The van der Waals surface area contributed by atoms with Crippen molar-refractivity contribution in [3.8, 4) is 0 Å². The van der Waals surface area contributed by atoms with Gasteiger partial charge in [0.25, 0.3) is 0 Å². The van der Waals surface area contributed by atoms with Crippen LogP contribution in [0.5, 0.6) is 0 Å². The number of benzene rings is 1. The smallest absolute Gasteiger partial charge is 0.226 e. The van der Waals surface area contributed by atoms with Gasteiger partial charge in [0.1, 0.15) is 0 Å². The third-order valence-corrected chi connectivity index (χ3v) is 7.28. The van der Waals surface area contributed by atoms with Gasteiger partial charge in [-0.15, -0.1) is 0 Å². The van der Waals surface area contributed by atoms with E-state index in [1.165, 1.54) is 25.5 Å². The minimum Gasteiger partial charge on any atom is -0.352 e. The van der Waals surface area contributed by atoms with E-state index in [4.69, 9.17) is 0 Å². The lowest BCUT2D eigenvalue weighted by molar-refractivity contribution is -0.146. The molecule has 0 heterocycles. The normalized spacial score (nSPS) is 33.4. The highest BCUT2D eigenvalue weighted by molar-refractivity contribution is 7.89. The van der Waals surface area contributed by atoms with E-state index < -0.39 is 9.84 Å². The first-order valence-corrected chi connectivity index (χ1v) is 11.4. The van der Waals surface area contributed by atoms with Crippen LogP contribution in [0.3, 0.4) is 0 Å². The van der Waals surface area contributed by atoms with E-state index >= 15 is 0 Å². The van der Waals surface area contributed by atoms with Gasteiger partial charge in [0.2, 0.25) is 5.91 Å². The maximum atomic E-state index is 12.9. The first-order chi connectivity index (χ1) is 11.8. The van der Waals surface area contributed by atoms with Crippen LogP contribution in [0.15, 0.2) is 24.3 Å². The van der Waals surface area contributed by atoms with Gasteiger partial charge in [0.15, 0.2) is 9.84 Å². The van der Waals surface area contributed by atoms with E-state index in [1.54, 1.807) is 0 Å². The highest BCUT2D eigenvalue weighted by Gasteiger charge is 2.54. The van der Waals surface area contributed by atoms with E-state index in [2.05, 4.69) is 5.32 Å². The molecule has 0 spiro atoms. The van der Waals surface area contributed by atoms with Crippen LogP contribution in [0.2, 0.25) is 0 Å². The molecule has 4 aliphatic rings. The lowest BCUT2D eigenvalue weighted by atomic mass is 9.49. The molecule has 4 saturated carbocycles. The van der Waals surface area contributed by atoms with Gasteiger partial charge in [-0.3, -0.25) is 4.79 Å². The standard InChI is InChI=1S/C20H27NO3S/c1-25(23,24)13-15-4-2-14(3-5-15)12-21-19(22)20-9-16-6-17(10-20)8-18(7-16)11-20/h2-5,16-18H,6-13H2,1H3,(H,21,22). The first kappa shape index (κ1) is 17.1. The molecule has 0 atom stereocenters. The summed E-state index contributed by atoms with van der Waals surface area (Å²) in [5.41, 5.74) is 1.71. The summed E-state index contributed by atoms with van der Waals surface area (Å²) in [5, 5.41) is 3.17. The molecule has 4 nitrogen and oxygen atoms in total. The molecule has 0 radical (unpaired) electrons. The molecule has 5 rings (SSSR count). The number of carbonyl (C=O) groups excluding carboxylic acids is 1. The number of sulfone groups is 1. The van der Waals surface area contributed by atoms with Crippen molar-refractivity contribution in [1.29, 1.82) is 0 Å². The molecule has 5 heteroatoms. The Kier molecular flexibility index (Phi) is 4.18. The zero-order valence-electron chi connectivity index (χ0n) is 14.8. The van der Waals surface area contributed by atoms with Crippen molar-refractivity contribution in [1.82, 2.24) is 5.32 Å². The molecule has 1 aromatic rings. The number of carbonyl (C=O) groups is 1. The third kappa shape index (κ3) is 3.62. The molecule has 0 aromatic heterocycles. The lowest BCUT2D eigenvalue weighted by Crippen LogP contribution is -2.53. The predicted molar refractivity (Wildman–Crippen MR) is 97.4 cm³/mol. The van der Waals surface area contributed by atoms with Gasteiger partial charge < -0.3 is 5.32 Å². The number of nitrogens with one attached hydrogen (secondary N) is 1. The van der Waals surface area contributed by atoms with Gasteiger partial charge in [-0.1, -0.05) is 24.3 Å². The minimum absolute atomic E-state index is 0.0624. The molecular weight excluding hydrogens is 334 g/mol. The van der Waals surface area contributed by atoms with Crippen LogP contribution in [0, 0.1) is 23.2 Å². The van der Waals surface area contributed by atoms with Crippen molar-refractivity contribution >= 4 is 15.7 Å². The Hall–Kier alpha value is -1.36. The first-order valence-electron chi connectivity index (χ1n) is 9.35. The molecule has 0 aliphatic heterocycles. The van der Waals surface area contributed by atoms with Crippen LogP contribution < -0.4 is 5.32 Å². The van der Waals surface area contributed by atoms with Crippen molar-refractivity contribution in [2.75, 3.05) is 6.26 Å². The topological polar surface area (TPSA) is 63.2 Å². The zero-order valence-corrected chi connectivity index (χ0v) is 15.6. The Bertz CT molecular complexity index is 731. The summed E-state index contributed by atoms with van der Waals surface area (Å²) < 4.78 is 22.7. The van der Waals surface area contributed by atoms with Crippen molar-refractivity contribution < 1.29 is 13.2 Å². The molecule has 0 unspecified atom stereocenters. The second-order valence-corrected chi connectivity index (χ2v) is 10.9. The fourth-order valence-electron chi connectivity index (χ4n) is 5.81. The molecule has 0 saturated heterocycles. The van der Waals surface area contributed by atoms with Crippen LogP contribution in [-0.4, -0.2) is 20.6 Å². The Balaban J connectivity index is 1.37. The largest absolute Gasteiger partial charge is 0.352 e. The number of rotatable bonds is 5. The summed E-state index contributed by atoms with van der Waals surface area (Å²) in [6, 6.07) is 7.52. The van der Waals surface area contributed by atoms with E-state index in [0.717, 1.165) is 48.1 Å². The van der Waals surface area contributed by atoms with Crippen LogP contribution >= 0.6 is 0 Å². The van der Waals surface area contributed by atoms with E-state index in [1.807, 2.05) is 24.3 Å². The molecule has 4 bridgehead atoms. The van der Waals surface area contributed by atoms with E-state index in [-0.39, 0.29) is 17.1 Å². The zero-order chi connectivity index (χ0) is 17.7. The van der Waals surface area contributed by atoms with E-state index in [0.29, 0.717) is 6.54 Å². The fourth-order valence-corrected chi connectivity index (χ4v) is 6.61. The maximum Gasteiger partial charge on any atom is 0.226 e. The molecule has 4 aliphatic carbocycles. The summed E-state index contributed by atoms with van der Waals surface area (Å²) >= 11 is 0. The quantitative estimate of drug-likeness (QED) is 0.877. The molecule has 1 aromatic carbocycles. The average Bonchev–Trinajstić information content (AvgIpc) is 2.51. The van der Waals surface area contributed by atoms with Gasteiger partial charge >= 0.3 is 0 Å². The van der Waals surface area contributed by atoms with Crippen molar-refractivity contribution in [2.45, 2.75) is 50.8 Å². The highest BCUT2D eigenvalue weighted by Crippen LogP contribution is 2.60. The molecule has 136 valence electrons. The second-order valence-electron chi connectivity index (χ2n) is 8.77. The predicted octanol–water partition coefficient (Wildman–Crippen LogP) is 3.06. The molecular formula is C20H27NO3S. The Labute approximate surface area is 150 Å². The Morgan fingerprint density at radius 3 is 1.96 bits per heavy atom. The van der Waals surface area contributed by atoms with Gasteiger partial charge in [-0.2, -0.15) is 0 Å². The highest BCUT2D eigenvalue weighted by atomic mass is 32.2. The average molecular weight is 362 g/mol. The Morgan fingerprint density at radius 1 is 1.00 bits per heavy atom. The minimum atomic E-state index is -3.01. The summed E-state index contributed by atoms with van der Waals surface area (Å²) in [6.07, 6.45) is 8.51. The summed E-state index contributed by atoms with van der Waals surface area (Å²) in [7, 11) is -3.01.